The number of pyridine rings is 1. The maximum atomic E-state index is 12.6. The van der Waals surface area contributed by atoms with Crippen LogP contribution in [-0.4, -0.2) is 35.9 Å². The Morgan fingerprint density at radius 2 is 1.91 bits per heavy atom. The van der Waals surface area contributed by atoms with Crippen molar-refractivity contribution in [1.82, 2.24) is 10.3 Å². The average molecular weight is 553 g/mol. The number of ether oxygens (including phenoxy) is 3. The van der Waals surface area contributed by atoms with E-state index in [4.69, 9.17) is 38.0 Å². The highest BCUT2D eigenvalue weighted by molar-refractivity contribution is 9.10. The van der Waals surface area contributed by atoms with Crippen molar-refractivity contribution in [3.05, 3.63) is 63.2 Å². The molecule has 0 aliphatic rings. The van der Waals surface area contributed by atoms with E-state index < -0.39 is 12.1 Å². The lowest BCUT2D eigenvalue weighted by Crippen LogP contribution is -2.35. The van der Waals surface area contributed by atoms with Crippen LogP contribution in [0, 0.1) is 0 Å². The lowest BCUT2D eigenvalue weighted by atomic mass is 10.1. The molecular weight excluding hydrogens is 534 g/mol. The first-order valence-corrected chi connectivity index (χ1v) is 11.2. The Bertz CT molecular complexity index is 1210. The molecule has 3 rings (SSSR count). The lowest BCUT2D eigenvalue weighted by molar-refractivity contribution is 0.0589. The first-order chi connectivity index (χ1) is 15.8. The van der Waals surface area contributed by atoms with Crippen molar-refractivity contribution in [3.8, 4) is 5.75 Å². The van der Waals surface area contributed by atoms with E-state index >= 15 is 0 Å². The van der Waals surface area contributed by atoms with E-state index in [1.54, 1.807) is 19.1 Å². The minimum Gasteiger partial charge on any atom is -0.486 e. The van der Waals surface area contributed by atoms with E-state index in [2.05, 4.69) is 31.5 Å². The van der Waals surface area contributed by atoms with Gasteiger partial charge >= 0.3 is 12.1 Å². The van der Waals surface area contributed by atoms with E-state index in [1.807, 2.05) is 30.3 Å². The zero-order valence-corrected chi connectivity index (χ0v) is 20.8. The molecular formula is C22H19BrClN3O5S. The number of rotatable bonds is 6. The van der Waals surface area contributed by atoms with Crippen LogP contribution in [0.2, 0.25) is 5.02 Å². The highest BCUT2D eigenvalue weighted by Crippen LogP contribution is 2.41. The number of hydrogen-bond acceptors (Lipinski definition) is 7. The predicted molar refractivity (Wildman–Crippen MR) is 133 cm³/mol. The Balaban J connectivity index is 2.11. The Morgan fingerprint density at radius 1 is 1.18 bits per heavy atom. The third kappa shape index (κ3) is 5.89. The largest absolute Gasteiger partial charge is 0.486 e. The fourth-order valence-corrected chi connectivity index (χ4v) is 3.68. The monoisotopic (exact) mass is 551 g/mol. The van der Waals surface area contributed by atoms with Crippen LogP contribution in [0.5, 0.6) is 5.75 Å². The number of nitrogens with zero attached hydrogens (tertiary/aromatic N) is 1. The van der Waals surface area contributed by atoms with Crippen LogP contribution in [0.1, 0.15) is 23.0 Å². The minimum absolute atomic E-state index is 0.0826. The standard InChI is InChI=1S/C22H19BrClN3O5S/c1-3-31-22(29)27-21(33)26-19-15-13(9-10-14(23)16(15)24)18(17(25-19)20(28)30-2)32-11-12-7-5-4-6-8-12/h4-10H,3,11H2,1-2H3,(H2,25,26,27,29,33). The summed E-state index contributed by atoms with van der Waals surface area (Å²) in [5.41, 5.74) is 0.812. The highest BCUT2D eigenvalue weighted by Gasteiger charge is 2.24. The maximum Gasteiger partial charge on any atom is 0.413 e. The number of methoxy groups -OCH3 is 1. The van der Waals surface area contributed by atoms with Crippen LogP contribution in [-0.2, 0) is 16.1 Å². The van der Waals surface area contributed by atoms with Gasteiger partial charge < -0.3 is 19.5 Å². The fourth-order valence-electron chi connectivity index (χ4n) is 2.92. The summed E-state index contributed by atoms with van der Waals surface area (Å²) in [6.45, 7) is 2.03. The maximum absolute atomic E-state index is 12.6. The summed E-state index contributed by atoms with van der Waals surface area (Å²) in [4.78, 5) is 28.7. The zero-order chi connectivity index (χ0) is 24.0. The van der Waals surface area contributed by atoms with Crippen molar-refractivity contribution in [2.45, 2.75) is 13.5 Å². The van der Waals surface area contributed by atoms with Crippen molar-refractivity contribution in [1.29, 1.82) is 0 Å². The van der Waals surface area contributed by atoms with Gasteiger partial charge in [0.15, 0.2) is 16.6 Å². The average Bonchev–Trinajstić information content (AvgIpc) is 2.80. The van der Waals surface area contributed by atoms with Gasteiger partial charge in [-0.1, -0.05) is 41.9 Å². The van der Waals surface area contributed by atoms with E-state index in [9.17, 15) is 9.59 Å². The number of aromatic nitrogens is 1. The smallest absolute Gasteiger partial charge is 0.413 e. The van der Waals surface area contributed by atoms with Gasteiger partial charge in [-0.3, -0.25) is 5.32 Å². The molecule has 0 fully saturated rings. The van der Waals surface area contributed by atoms with Crippen molar-refractivity contribution in [2.75, 3.05) is 19.0 Å². The third-order valence-electron chi connectivity index (χ3n) is 4.34. The molecule has 0 saturated heterocycles. The van der Waals surface area contributed by atoms with Gasteiger partial charge in [-0.2, -0.15) is 0 Å². The van der Waals surface area contributed by atoms with Gasteiger partial charge in [0, 0.05) is 15.2 Å². The number of benzene rings is 2. The third-order valence-corrected chi connectivity index (χ3v) is 5.83. The molecule has 0 radical (unpaired) electrons. The Kier molecular flexibility index (Phi) is 8.43. The summed E-state index contributed by atoms with van der Waals surface area (Å²) >= 11 is 15.2. The molecule has 0 aliphatic heterocycles. The molecule has 33 heavy (non-hydrogen) atoms. The molecule has 11 heteroatoms. The first-order valence-electron chi connectivity index (χ1n) is 9.67. The Hall–Kier alpha value is -2.95. The summed E-state index contributed by atoms with van der Waals surface area (Å²) in [7, 11) is 1.24. The number of anilines is 1. The molecule has 0 saturated carbocycles. The molecule has 8 nitrogen and oxygen atoms in total. The van der Waals surface area contributed by atoms with Gasteiger partial charge in [0.05, 0.1) is 18.7 Å². The fraction of sp³-hybridized carbons (Fsp3) is 0.182. The molecule has 1 amide bonds. The van der Waals surface area contributed by atoms with E-state index in [0.717, 1.165) is 5.56 Å². The van der Waals surface area contributed by atoms with Crippen LogP contribution < -0.4 is 15.4 Å². The van der Waals surface area contributed by atoms with Crippen LogP contribution in [0.15, 0.2) is 46.9 Å². The summed E-state index contributed by atoms with van der Waals surface area (Å²) < 4.78 is 16.4. The minimum atomic E-state index is -0.734. The van der Waals surface area contributed by atoms with Gasteiger partial charge in [-0.05, 0) is 52.8 Å². The number of thiocarbonyl (C=S) groups is 1. The summed E-state index contributed by atoms with van der Waals surface area (Å²) in [5, 5.41) is 6.31. The number of carbonyl (C=O) groups excluding carboxylic acids is 2. The zero-order valence-electron chi connectivity index (χ0n) is 17.6. The highest BCUT2D eigenvalue weighted by atomic mass is 79.9. The molecule has 0 aliphatic carbocycles. The lowest BCUT2D eigenvalue weighted by Gasteiger charge is -2.18. The van der Waals surface area contributed by atoms with Crippen LogP contribution >= 0.6 is 39.7 Å². The molecule has 3 aromatic rings. The van der Waals surface area contributed by atoms with E-state index in [-0.39, 0.29) is 35.6 Å². The van der Waals surface area contributed by atoms with E-state index in [0.29, 0.717) is 20.3 Å². The molecule has 1 heterocycles. The molecule has 0 unspecified atom stereocenters. The molecule has 0 bridgehead atoms. The summed E-state index contributed by atoms with van der Waals surface area (Å²) in [6.07, 6.45) is -0.734. The Morgan fingerprint density at radius 3 is 2.58 bits per heavy atom. The molecule has 0 spiro atoms. The molecule has 2 aromatic carbocycles. The number of amides is 1. The number of alkyl carbamates (subject to hydrolysis) is 1. The topological polar surface area (TPSA) is 98.8 Å². The van der Waals surface area contributed by atoms with Crippen LogP contribution in [0.3, 0.4) is 0 Å². The van der Waals surface area contributed by atoms with Crippen molar-refractivity contribution >= 4 is 73.5 Å². The van der Waals surface area contributed by atoms with E-state index in [1.165, 1.54) is 7.11 Å². The normalized spacial score (nSPS) is 10.4. The second-order valence-electron chi connectivity index (χ2n) is 6.49. The Labute approximate surface area is 208 Å². The quantitative estimate of drug-likeness (QED) is 0.307. The number of fused-ring (bicyclic) bond motifs is 1. The van der Waals surface area contributed by atoms with Crippen LogP contribution in [0.4, 0.5) is 10.6 Å². The van der Waals surface area contributed by atoms with Crippen LogP contribution in [0.25, 0.3) is 10.8 Å². The first kappa shape index (κ1) is 24.7. The summed E-state index contributed by atoms with van der Waals surface area (Å²) in [5.74, 6) is -0.387. The SMILES string of the molecule is CCOC(=O)NC(=S)Nc1nc(C(=O)OC)c(OCc2ccccc2)c2ccc(Br)c(Cl)c12. The number of carbonyl (C=O) groups is 2. The second kappa shape index (κ2) is 11.3. The van der Waals surface area contributed by atoms with Gasteiger partial charge in [0.25, 0.3) is 0 Å². The predicted octanol–water partition coefficient (Wildman–Crippen LogP) is 5.46. The number of nitrogens with one attached hydrogen (secondary N) is 2. The van der Waals surface area contributed by atoms with Gasteiger partial charge in [-0.15, -0.1) is 0 Å². The van der Waals surface area contributed by atoms with Crippen molar-refractivity contribution < 1.29 is 23.8 Å². The van der Waals surface area contributed by atoms with Gasteiger partial charge in [0.1, 0.15) is 12.4 Å². The molecule has 1 aromatic heterocycles. The molecule has 172 valence electrons. The van der Waals surface area contributed by atoms with Gasteiger partial charge in [-0.25, -0.2) is 14.6 Å². The second-order valence-corrected chi connectivity index (χ2v) is 8.13. The van der Waals surface area contributed by atoms with Crippen molar-refractivity contribution in [2.24, 2.45) is 0 Å². The van der Waals surface area contributed by atoms with Crippen molar-refractivity contribution in [3.63, 3.8) is 0 Å². The molecule has 2 N–H and O–H groups in total. The molecule has 0 atom stereocenters. The summed E-state index contributed by atoms with van der Waals surface area (Å²) in [6, 6.07) is 12.9. The number of halogens is 2. The number of esters is 1. The number of hydrogen-bond donors (Lipinski definition) is 2. The van der Waals surface area contributed by atoms with Gasteiger partial charge in [0.2, 0.25) is 0 Å².